The monoisotopic (exact) mass is 669 g/mol. The highest BCUT2D eigenvalue weighted by atomic mass is 35.5. The molecule has 0 aliphatic carbocycles. The first kappa shape index (κ1) is 36.7. The standard InChI is InChI=1S/C33H37ClF5N3O4/c1-17(2)9-27(42-16-20(7-8-41(5)6)24(14-28(42)43)33(37,38)39)32(46)40-26(15-29(44)45)23-12-21(13-25(34)31(23)36)30-18(3)10-22(35)11-19(30)4/h10-14,16-17,26-27H,7-9,15H2,1-6H3,(H,40,46)(H,44,45). The fourth-order valence-corrected chi connectivity index (χ4v) is 5.72. The molecule has 1 amide bonds. The first-order valence-corrected chi connectivity index (χ1v) is 14.9. The number of carbonyl (C=O) groups excluding carboxylic acids is 1. The summed E-state index contributed by atoms with van der Waals surface area (Å²) in [5.41, 5.74) is -0.745. The molecule has 2 unspecified atom stereocenters. The van der Waals surface area contributed by atoms with Crippen LogP contribution in [0, 0.1) is 31.4 Å². The molecule has 0 saturated carbocycles. The van der Waals surface area contributed by atoms with Crippen molar-refractivity contribution in [3.8, 4) is 11.1 Å². The van der Waals surface area contributed by atoms with Gasteiger partial charge < -0.3 is 19.9 Å². The minimum absolute atomic E-state index is 0.00125. The number of hydrogen-bond acceptors (Lipinski definition) is 4. The Morgan fingerprint density at radius 1 is 1.04 bits per heavy atom. The van der Waals surface area contributed by atoms with Gasteiger partial charge in [-0.3, -0.25) is 14.4 Å². The van der Waals surface area contributed by atoms with Crippen LogP contribution in [0.15, 0.2) is 41.3 Å². The van der Waals surface area contributed by atoms with Crippen LogP contribution in [-0.4, -0.2) is 47.1 Å². The number of pyridine rings is 1. The number of nitrogens with zero attached hydrogens (tertiary/aromatic N) is 2. The lowest BCUT2D eigenvalue weighted by molar-refractivity contribution is -0.139. The first-order chi connectivity index (χ1) is 21.3. The molecule has 7 nitrogen and oxygen atoms in total. The van der Waals surface area contributed by atoms with E-state index in [0.717, 1.165) is 10.8 Å². The van der Waals surface area contributed by atoms with Crippen molar-refractivity contribution in [2.45, 2.75) is 65.2 Å². The number of carboxylic acid groups (broad SMARTS) is 1. The molecule has 3 rings (SSSR count). The maximum atomic E-state index is 15.6. The fourth-order valence-electron chi connectivity index (χ4n) is 5.49. The first-order valence-electron chi connectivity index (χ1n) is 14.5. The smallest absolute Gasteiger partial charge is 0.416 e. The molecule has 2 aromatic carbocycles. The molecule has 0 bridgehead atoms. The van der Waals surface area contributed by atoms with Crippen LogP contribution in [0.5, 0.6) is 0 Å². The van der Waals surface area contributed by atoms with Crippen LogP contribution in [-0.2, 0) is 22.2 Å². The SMILES string of the molecule is Cc1cc(F)cc(C)c1-c1cc(Cl)c(F)c(C(CC(=O)O)NC(=O)C(CC(C)C)n2cc(CCN(C)C)c(C(F)(F)F)cc2=O)c1. The van der Waals surface area contributed by atoms with Crippen molar-refractivity contribution in [3.05, 3.63) is 91.4 Å². The van der Waals surface area contributed by atoms with E-state index in [0.29, 0.717) is 28.3 Å². The second-order valence-electron chi connectivity index (χ2n) is 12.1. The summed E-state index contributed by atoms with van der Waals surface area (Å²) >= 11 is 6.24. The van der Waals surface area contributed by atoms with E-state index in [2.05, 4.69) is 5.32 Å². The molecule has 2 atom stereocenters. The minimum Gasteiger partial charge on any atom is -0.481 e. The summed E-state index contributed by atoms with van der Waals surface area (Å²) in [6.45, 7) is 7.00. The van der Waals surface area contributed by atoms with E-state index in [1.165, 1.54) is 24.3 Å². The van der Waals surface area contributed by atoms with Crippen LogP contribution < -0.4 is 10.9 Å². The Balaban J connectivity index is 2.15. The summed E-state index contributed by atoms with van der Waals surface area (Å²) in [5, 5.41) is 11.9. The molecule has 1 aromatic heterocycles. The highest BCUT2D eigenvalue weighted by Crippen LogP contribution is 2.36. The van der Waals surface area contributed by atoms with Crippen molar-refractivity contribution in [2.24, 2.45) is 5.92 Å². The largest absolute Gasteiger partial charge is 0.481 e. The topological polar surface area (TPSA) is 91.6 Å². The summed E-state index contributed by atoms with van der Waals surface area (Å²) in [5.74, 6) is -3.99. The number of carboxylic acids is 1. The molecular formula is C33H37ClF5N3O4. The molecule has 250 valence electrons. The molecule has 0 spiro atoms. The van der Waals surface area contributed by atoms with Crippen LogP contribution in [0.1, 0.15) is 66.6 Å². The summed E-state index contributed by atoms with van der Waals surface area (Å²) in [6.07, 6.45) is -4.65. The number of nitrogens with one attached hydrogen (secondary N) is 1. The predicted molar refractivity (Wildman–Crippen MR) is 166 cm³/mol. The number of aliphatic carboxylic acids is 1. The number of benzene rings is 2. The Morgan fingerprint density at radius 3 is 2.17 bits per heavy atom. The van der Waals surface area contributed by atoms with Gasteiger partial charge in [0.1, 0.15) is 17.7 Å². The zero-order chi connectivity index (χ0) is 34.7. The van der Waals surface area contributed by atoms with Gasteiger partial charge in [-0.1, -0.05) is 25.4 Å². The Hall–Kier alpha value is -3.77. The van der Waals surface area contributed by atoms with Crippen LogP contribution in [0.2, 0.25) is 5.02 Å². The van der Waals surface area contributed by atoms with Crippen molar-refractivity contribution in [1.29, 1.82) is 0 Å². The van der Waals surface area contributed by atoms with Gasteiger partial charge in [0.2, 0.25) is 5.91 Å². The predicted octanol–water partition coefficient (Wildman–Crippen LogP) is 7.11. The van der Waals surface area contributed by atoms with Crippen molar-refractivity contribution in [3.63, 3.8) is 0 Å². The van der Waals surface area contributed by atoms with Crippen molar-refractivity contribution in [2.75, 3.05) is 20.6 Å². The number of amides is 1. The zero-order valence-electron chi connectivity index (χ0n) is 26.4. The molecule has 13 heteroatoms. The van der Waals surface area contributed by atoms with Gasteiger partial charge in [0.05, 0.1) is 23.0 Å². The van der Waals surface area contributed by atoms with Gasteiger partial charge in [0.15, 0.2) is 0 Å². The number of halogens is 6. The highest BCUT2D eigenvalue weighted by Gasteiger charge is 2.36. The van der Waals surface area contributed by atoms with Gasteiger partial charge in [0.25, 0.3) is 5.56 Å². The van der Waals surface area contributed by atoms with E-state index < -0.39 is 59.3 Å². The van der Waals surface area contributed by atoms with E-state index in [9.17, 15) is 37.1 Å². The van der Waals surface area contributed by atoms with Gasteiger partial charge in [-0.15, -0.1) is 0 Å². The molecule has 3 aromatic rings. The lowest BCUT2D eigenvalue weighted by Crippen LogP contribution is -2.41. The van der Waals surface area contributed by atoms with Crippen molar-refractivity contribution >= 4 is 23.5 Å². The van der Waals surface area contributed by atoms with Crippen LogP contribution in [0.25, 0.3) is 11.1 Å². The molecule has 0 aliphatic rings. The molecular weight excluding hydrogens is 633 g/mol. The van der Waals surface area contributed by atoms with Gasteiger partial charge >= 0.3 is 12.1 Å². The Morgan fingerprint density at radius 2 is 1.65 bits per heavy atom. The minimum atomic E-state index is -4.81. The molecule has 0 fully saturated rings. The summed E-state index contributed by atoms with van der Waals surface area (Å²) in [6, 6.07) is 2.80. The number of rotatable bonds is 12. The Labute approximate surface area is 269 Å². The third-order valence-corrected chi connectivity index (χ3v) is 7.82. The number of aromatic nitrogens is 1. The van der Waals surface area contributed by atoms with Crippen LogP contribution >= 0.6 is 11.6 Å². The lowest BCUT2D eigenvalue weighted by Gasteiger charge is -2.27. The van der Waals surface area contributed by atoms with E-state index in [4.69, 9.17) is 11.6 Å². The number of hydrogen-bond donors (Lipinski definition) is 2. The number of aryl methyl sites for hydroxylation is 2. The second-order valence-corrected chi connectivity index (χ2v) is 12.5. The molecule has 0 saturated heterocycles. The van der Waals surface area contributed by atoms with E-state index in [1.54, 1.807) is 46.7 Å². The van der Waals surface area contributed by atoms with Gasteiger partial charge in [0, 0.05) is 24.4 Å². The van der Waals surface area contributed by atoms with Crippen molar-refractivity contribution < 1.29 is 36.6 Å². The molecule has 46 heavy (non-hydrogen) atoms. The third-order valence-electron chi connectivity index (χ3n) is 7.54. The average Bonchev–Trinajstić information content (AvgIpc) is 2.90. The number of alkyl halides is 3. The normalized spacial score (nSPS) is 13.3. The summed E-state index contributed by atoms with van der Waals surface area (Å²) in [7, 11) is 3.36. The number of carbonyl (C=O) groups is 2. The molecule has 2 N–H and O–H groups in total. The fraction of sp³-hybridized carbons (Fsp3) is 0.424. The van der Waals surface area contributed by atoms with E-state index in [1.807, 2.05) is 0 Å². The lowest BCUT2D eigenvalue weighted by atomic mass is 9.92. The second kappa shape index (κ2) is 14.8. The summed E-state index contributed by atoms with van der Waals surface area (Å²) < 4.78 is 72.1. The van der Waals surface area contributed by atoms with E-state index >= 15 is 4.39 Å². The quantitative estimate of drug-likeness (QED) is 0.201. The molecule has 0 aliphatic heterocycles. The van der Waals surface area contributed by atoms with Crippen LogP contribution in [0.3, 0.4) is 0 Å². The average molecular weight is 670 g/mol. The molecule has 0 radical (unpaired) electrons. The van der Waals surface area contributed by atoms with Gasteiger partial charge in [-0.25, -0.2) is 8.78 Å². The maximum absolute atomic E-state index is 15.6. The number of likely N-dealkylation sites (N-methyl/N-ethyl adjacent to an activating group) is 1. The van der Waals surface area contributed by atoms with Gasteiger partial charge in [-0.05, 0) is 98.8 Å². The third kappa shape index (κ3) is 8.94. The molecule has 1 heterocycles. The Kier molecular flexibility index (Phi) is 11.8. The van der Waals surface area contributed by atoms with Crippen molar-refractivity contribution in [1.82, 2.24) is 14.8 Å². The highest BCUT2D eigenvalue weighted by molar-refractivity contribution is 6.31. The van der Waals surface area contributed by atoms with Gasteiger partial charge in [-0.2, -0.15) is 13.2 Å². The van der Waals surface area contributed by atoms with Crippen LogP contribution in [0.4, 0.5) is 22.0 Å². The zero-order valence-corrected chi connectivity index (χ0v) is 27.1. The Bertz CT molecular complexity index is 1650. The maximum Gasteiger partial charge on any atom is 0.416 e. The summed E-state index contributed by atoms with van der Waals surface area (Å²) in [4.78, 5) is 40.6. The van der Waals surface area contributed by atoms with E-state index in [-0.39, 0.29) is 41.5 Å².